The Hall–Kier alpha value is -1.65. The van der Waals surface area contributed by atoms with Gasteiger partial charge in [0.25, 0.3) is 11.8 Å². The Kier molecular flexibility index (Phi) is 6.16. The topological polar surface area (TPSA) is 57.7 Å². The van der Waals surface area contributed by atoms with Crippen LogP contribution in [0.2, 0.25) is 0 Å². The number of hydrogen-bond acceptors (Lipinski definition) is 3. The Morgan fingerprint density at radius 1 is 1.14 bits per heavy atom. The average molecular weight is 306 g/mol. The van der Waals surface area contributed by atoms with Crippen molar-refractivity contribution in [1.29, 1.82) is 0 Å². The molecular weight excluding hydrogens is 280 g/mol. The summed E-state index contributed by atoms with van der Waals surface area (Å²) < 4.78 is 0. The van der Waals surface area contributed by atoms with E-state index in [4.69, 9.17) is 0 Å². The number of carbonyl (C=O) groups is 3. The fourth-order valence-electron chi connectivity index (χ4n) is 3.16. The SMILES string of the molecule is CCCCC1CCN(C(=O)CCCN2C(=O)C=CC2=O)CC1. The first-order valence-electron chi connectivity index (χ1n) is 8.43. The summed E-state index contributed by atoms with van der Waals surface area (Å²) in [5.41, 5.74) is 0. The second kappa shape index (κ2) is 8.11. The van der Waals surface area contributed by atoms with Gasteiger partial charge in [0, 0.05) is 38.2 Å². The van der Waals surface area contributed by atoms with Gasteiger partial charge in [0.1, 0.15) is 0 Å². The van der Waals surface area contributed by atoms with Gasteiger partial charge in [0.05, 0.1) is 0 Å². The van der Waals surface area contributed by atoms with E-state index in [1.54, 1.807) is 0 Å². The van der Waals surface area contributed by atoms with E-state index in [-0.39, 0.29) is 17.7 Å². The van der Waals surface area contributed by atoms with Gasteiger partial charge in [-0.3, -0.25) is 19.3 Å². The zero-order valence-electron chi connectivity index (χ0n) is 13.4. The molecule has 2 rings (SSSR count). The summed E-state index contributed by atoms with van der Waals surface area (Å²) in [6, 6.07) is 0. The lowest BCUT2D eigenvalue weighted by Gasteiger charge is -2.32. The molecule has 0 radical (unpaired) electrons. The molecule has 1 fully saturated rings. The molecule has 5 heteroatoms. The molecule has 2 heterocycles. The van der Waals surface area contributed by atoms with Crippen LogP contribution in [-0.2, 0) is 14.4 Å². The second-order valence-electron chi connectivity index (χ2n) is 6.23. The Morgan fingerprint density at radius 2 is 1.77 bits per heavy atom. The minimum atomic E-state index is -0.269. The minimum absolute atomic E-state index is 0.154. The zero-order chi connectivity index (χ0) is 15.9. The van der Waals surface area contributed by atoms with Gasteiger partial charge in [-0.25, -0.2) is 0 Å². The van der Waals surface area contributed by atoms with Gasteiger partial charge in [-0.1, -0.05) is 26.2 Å². The third kappa shape index (κ3) is 4.42. The van der Waals surface area contributed by atoms with Crippen molar-refractivity contribution < 1.29 is 14.4 Å². The van der Waals surface area contributed by atoms with E-state index in [0.717, 1.165) is 31.8 Å². The van der Waals surface area contributed by atoms with E-state index < -0.39 is 0 Å². The van der Waals surface area contributed by atoms with Crippen molar-refractivity contribution in [3.8, 4) is 0 Å². The molecule has 0 aliphatic carbocycles. The van der Waals surface area contributed by atoms with Gasteiger partial charge in [0.15, 0.2) is 0 Å². The maximum atomic E-state index is 12.2. The van der Waals surface area contributed by atoms with Crippen molar-refractivity contribution in [3.05, 3.63) is 12.2 Å². The average Bonchev–Trinajstić information content (AvgIpc) is 2.85. The fourth-order valence-corrected chi connectivity index (χ4v) is 3.16. The van der Waals surface area contributed by atoms with Crippen LogP contribution in [0.4, 0.5) is 0 Å². The molecule has 0 saturated carbocycles. The van der Waals surface area contributed by atoms with Crippen LogP contribution in [0, 0.1) is 5.92 Å². The fraction of sp³-hybridized carbons (Fsp3) is 0.706. The number of rotatable bonds is 7. The lowest BCUT2D eigenvalue weighted by Crippen LogP contribution is -2.39. The van der Waals surface area contributed by atoms with Gasteiger partial charge in [0.2, 0.25) is 5.91 Å². The highest BCUT2D eigenvalue weighted by Crippen LogP contribution is 2.23. The Bertz CT molecular complexity index is 433. The summed E-state index contributed by atoms with van der Waals surface area (Å²) in [5.74, 6) is 0.388. The minimum Gasteiger partial charge on any atom is -0.343 e. The van der Waals surface area contributed by atoms with E-state index >= 15 is 0 Å². The first kappa shape index (κ1) is 16.7. The van der Waals surface area contributed by atoms with E-state index in [1.807, 2.05) is 4.90 Å². The molecule has 3 amide bonds. The lowest BCUT2D eigenvalue weighted by atomic mass is 9.91. The maximum absolute atomic E-state index is 12.2. The highest BCUT2D eigenvalue weighted by atomic mass is 16.2. The molecule has 22 heavy (non-hydrogen) atoms. The highest BCUT2D eigenvalue weighted by molar-refractivity contribution is 6.12. The molecule has 2 aliphatic heterocycles. The molecule has 0 aromatic carbocycles. The summed E-state index contributed by atoms with van der Waals surface area (Å²) in [7, 11) is 0. The van der Waals surface area contributed by atoms with Crippen LogP contribution in [0.5, 0.6) is 0 Å². The second-order valence-corrected chi connectivity index (χ2v) is 6.23. The molecule has 0 spiro atoms. The van der Waals surface area contributed by atoms with Crippen molar-refractivity contribution in [2.75, 3.05) is 19.6 Å². The largest absolute Gasteiger partial charge is 0.343 e. The Labute approximate surface area is 132 Å². The number of carbonyl (C=O) groups excluding carboxylic acids is 3. The normalized spacial score (nSPS) is 19.3. The quantitative estimate of drug-likeness (QED) is 0.677. The van der Waals surface area contributed by atoms with Gasteiger partial charge in [-0.2, -0.15) is 0 Å². The molecule has 5 nitrogen and oxygen atoms in total. The molecule has 2 aliphatic rings. The van der Waals surface area contributed by atoms with Crippen LogP contribution in [0.1, 0.15) is 51.9 Å². The van der Waals surface area contributed by atoms with Crippen molar-refractivity contribution in [2.45, 2.75) is 51.9 Å². The Balaban J connectivity index is 1.64. The van der Waals surface area contributed by atoms with Crippen molar-refractivity contribution >= 4 is 17.7 Å². The molecule has 1 saturated heterocycles. The van der Waals surface area contributed by atoms with Gasteiger partial charge < -0.3 is 4.90 Å². The van der Waals surface area contributed by atoms with Gasteiger partial charge in [-0.05, 0) is 25.2 Å². The number of hydrogen-bond donors (Lipinski definition) is 0. The standard InChI is InChI=1S/C17H26N2O3/c1-2-3-5-14-9-12-18(13-10-14)15(20)6-4-11-19-16(21)7-8-17(19)22/h7-8,14H,2-6,9-13H2,1H3. The molecule has 0 N–H and O–H groups in total. The molecule has 0 aromatic heterocycles. The predicted molar refractivity (Wildman–Crippen MR) is 83.9 cm³/mol. The van der Waals surface area contributed by atoms with Crippen molar-refractivity contribution in [1.82, 2.24) is 9.80 Å². The highest BCUT2D eigenvalue weighted by Gasteiger charge is 2.25. The van der Waals surface area contributed by atoms with Gasteiger partial charge in [-0.15, -0.1) is 0 Å². The number of piperidine rings is 1. The number of unbranched alkanes of at least 4 members (excludes halogenated alkanes) is 1. The van der Waals surface area contributed by atoms with Gasteiger partial charge >= 0.3 is 0 Å². The molecular formula is C17H26N2O3. The van der Waals surface area contributed by atoms with Crippen LogP contribution in [0.25, 0.3) is 0 Å². The summed E-state index contributed by atoms with van der Waals surface area (Å²) in [6.07, 6.45) is 9.55. The number of nitrogens with zero attached hydrogens (tertiary/aromatic N) is 2. The summed E-state index contributed by atoms with van der Waals surface area (Å²) in [4.78, 5) is 38.1. The van der Waals surface area contributed by atoms with E-state index in [0.29, 0.717) is 19.4 Å². The van der Waals surface area contributed by atoms with Crippen LogP contribution in [-0.4, -0.2) is 47.2 Å². The Morgan fingerprint density at radius 3 is 2.36 bits per heavy atom. The third-order valence-electron chi connectivity index (χ3n) is 4.61. The molecule has 0 atom stereocenters. The molecule has 0 unspecified atom stereocenters. The first-order chi connectivity index (χ1) is 10.6. The summed E-state index contributed by atoms with van der Waals surface area (Å²) in [6.45, 7) is 4.26. The number of amides is 3. The van der Waals surface area contributed by atoms with Crippen LogP contribution in [0.3, 0.4) is 0 Å². The summed E-state index contributed by atoms with van der Waals surface area (Å²) in [5, 5.41) is 0. The van der Waals surface area contributed by atoms with E-state index in [1.165, 1.54) is 36.3 Å². The third-order valence-corrected chi connectivity index (χ3v) is 4.61. The molecule has 0 bridgehead atoms. The zero-order valence-corrected chi connectivity index (χ0v) is 13.4. The first-order valence-corrected chi connectivity index (χ1v) is 8.43. The summed E-state index contributed by atoms with van der Waals surface area (Å²) >= 11 is 0. The number of imide groups is 1. The van der Waals surface area contributed by atoms with E-state index in [2.05, 4.69) is 6.92 Å². The smallest absolute Gasteiger partial charge is 0.253 e. The van der Waals surface area contributed by atoms with E-state index in [9.17, 15) is 14.4 Å². The van der Waals surface area contributed by atoms with Crippen LogP contribution in [0.15, 0.2) is 12.2 Å². The molecule has 0 aromatic rings. The van der Waals surface area contributed by atoms with Crippen molar-refractivity contribution in [2.24, 2.45) is 5.92 Å². The van der Waals surface area contributed by atoms with Crippen LogP contribution < -0.4 is 0 Å². The predicted octanol–water partition coefficient (Wildman–Crippen LogP) is 2.12. The maximum Gasteiger partial charge on any atom is 0.253 e. The van der Waals surface area contributed by atoms with Crippen molar-refractivity contribution in [3.63, 3.8) is 0 Å². The monoisotopic (exact) mass is 306 g/mol. The number of likely N-dealkylation sites (tertiary alicyclic amines) is 1. The lowest BCUT2D eigenvalue weighted by molar-refractivity contribution is -0.138. The molecule has 122 valence electrons. The van der Waals surface area contributed by atoms with Crippen LogP contribution >= 0.6 is 0 Å².